The molecule has 0 aliphatic carbocycles. The Morgan fingerprint density at radius 2 is 1.87 bits per heavy atom. The first-order valence-electron chi connectivity index (χ1n) is 9.03. The number of ether oxygens (including phenoxy) is 3. The van der Waals surface area contributed by atoms with Crippen LogP contribution >= 0.6 is 11.6 Å². The van der Waals surface area contributed by atoms with Crippen molar-refractivity contribution >= 4 is 34.2 Å². The van der Waals surface area contributed by atoms with Crippen LogP contribution in [0, 0.1) is 0 Å². The Kier molecular flexibility index (Phi) is 4.40. The predicted molar refractivity (Wildman–Crippen MR) is 111 cm³/mol. The summed E-state index contributed by atoms with van der Waals surface area (Å²) in [5.41, 5.74) is 3.08. The summed E-state index contributed by atoms with van der Waals surface area (Å²) in [4.78, 5) is 14.1. The molecule has 150 valence electrons. The van der Waals surface area contributed by atoms with Crippen molar-refractivity contribution in [3.05, 3.63) is 65.2 Å². The van der Waals surface area contributed by atoms with Crippen LogP contribution in [0.2, 0.25) is 5.02 Å². The van der Waals surface area contributed by atoms with Gasteiger partial charge in [-0.3, -0.25) is 4.79 Å². The number of amides is 1. The molecule has 4 aromatic rings. The van der Waals surface area contributed by atoms with Gasteiger partial charge < -0.3 is 19.5 Å². The number of nitrogens with one attached hydrogen (secondary N) is 1. The summed E-state index contributed by atoms with van der Waals surface area (Å²) in [6, 6.07) is 15.7. The molecule has 3 aromatic carbocycles. The Morgan fingerprint density at radius 3 is 2.70 bits per heavy atom. The molecule has 0 atom stereocenters. The average Bonchev–Trinajstić information content (AvgIpc) is 3.39. The lowest BCUT2D eigenvalue weighted by Gasteiger charge is -2.05. The monoisotopic (exact) mass is 422 g/mol. The third-order valence-electron chi connectivity index (χ3n) is 4.64. The SMILES string of the molecule is COc1ccc(-n2nc3ccc(NC(=O)c4ccc5c(c4)OCO5)cc3n2)cc1Cl. The quantitative estimate of drug-likeness (QED) is 0.533. The summed E-state index contributed by atoms with van der Waals surface area (Å²) in [5.74, 6) is 1.50. The van der Waals surface area contributed by atoms with Crippen molar-refractivity contribution in [1.82, 2.24) is 15.0 Å². The molecule has 1 N–H and O–H groups in total. The van der Waals surface area contributed by atoms with Crippen LogP contribution in [0.5, 0.6) is 17.2 Å². The van der Waals surface area contributed by atoms with Gasteiger partial charge >= 0.3 is 0 Å². The van der Waals surface area contributed by atoms with Crippen LogP contribution in [-0.4, -0.2) is 34.8 Å². The predicted octanol–water partition coefficient (Wildman–Crippen LogP) is 4.06. The number of nitrogens with zero attached hydrogens (tertiary/aromatic N) is 3. The minimum absolute atomic E-state index is 0.159. The van der Waals surface area contributed by atoms with E-state index in [1.54, 1.807) is 55.6 Å². The summed E-state index contributed by atoms with van der Waals surface area (Å²) < 4.78 is 15.8. The number of benzene rings is 3. The van der Waals surface area contributed by atoms with Crippen molar-refractivity contribution in [2.75, 3.05) is 19.2 Å². The van der Waals surface area contributed by atoms with Gasteiger partial charge in [0.1, 0.15) is 16.8 Å². The van der Waals surface area contributed by atoms with Crippen molar-refractivity contribution < 1.29 is 19.0 Å². The Labute approximate surface area is 175 Å². The number of anilines is 1. The van der Waals surface area contributed by atoms with Crippen LogP contribution < -0.4 is 19.5 Å². The highest BCUT2D eigenvalue weighted by Gasteiger charge is 2.17. The lowest BCUT2D eigenvalue weighted by molar-refractivity contribution is 0.102. The van der Waals surface area contributed by atoms with Gasteiger partial charge in [0.05, 0.1) is 17.8 Å². The Morgan fingerprint density at radius 1 is 1.03 bits per heavy atom. The normalized spacial score (nSPS) is 12.2. The molecular weight excluding hydrogens is 408 g/mol. The molecule has 2 heterocycles. The Hall–Kier alpha value is -3.78. The second kappa shape index (κ2) is 7.23. The number of aromatic nitrogens is 3. The molecule has 0 saturated carbocycles. The van der Waals surface area contributed by atoms with E-state index in [0.29, 0.717) is 50.2 Å². The highest BCUT2D eigenvalue weighted by atomic mass is 35.5. The van der Waals surface area contributed by atoms with E-state index < -0.39 is 0 Å². The number of carbonyl (C=O) groups excluding carboxylic acids is 1. The maximum atomic E-state index is 12.6. The lowest BCUT2D eigenvalue weighted by atomic mass is 10.2. The number of hydrogen-bond acceptors (Lipinski definition) is 6. The molecule has 0 bridgehead atoms. The number of carbonyl (C=O) groups is 1. The molecule has 0 saturated heterocycles. The molecule has 1 aliphatic heterocycles. The van der Waals surface area contributed by atoms with Gasteiger partial charge in [0.15, 0.2) is 11.5 Å². The summed E-state index contributed by atoms with van der Waals surface area (Å²) >= 11 is 6.20. The highest BCUT2D eigenvalue weighted by molar-refractivity contribution is 6.32. The topological polar surface area (TPSA) is 87.5 Å². The van der Waals surface area contributed by atoms with E-state index >= 15 is 0 Å². The first-order valence-corrected chi connectivity index (χ1v) is 9.40. The fourth-order valence-corrected chi connectivity index (χ4v) is 3.38. The molecule has 0 radical (unpaired) electrons. The Balaban J connectivity index is 1.40. The van der Waals surface area contributed by atoms with Gasteiger partial charge in [0.25, 0.3) is 5.91 Å². The van der Waals surface area contributed by atoms with Gasteiger partial charge in [-0.2, -0.15) is 4.80 Å². The number of fused-ring (bicyclic) bond motifs is 2. The number of methoxy groups -OCH3 is 1. The molecular formula is C21H15ClN4O4. The molecule has 5 rings (SSSR count). The number of halogens is 1. The van der Waals surface area contributed by atoms with Crippen molar-refractivity contribution in [2.45, 2.75) is 0 Å². The van der Waals surface area contributed by atoms with E-state index in [1.165, 1.54) is 4.80 Å². The standard InChI is InChI=1S/C21H15ClN4O4/c1-28-18-7-4-14(10-15(18)22)26-24-16-5-3-13(9-17(16)25-26)23-21(27)12-2-6-19-20(8-12)30-11-29-19/h2-10H,11H2,1H3,(H,23,27). The summed E-state index contributed by atoms with van der Waals surface area (Å²) in [6.07, 6.45) is 0. The molecule has 9 heteroatoms. The van der Waals surface area contributed by atoms with Crippen molar-refractivity contribution in [2.24, 2.45) is 0 Å². The van der Waals surface area contributed by atoms with Gasteiger partial charge in [-0.1, -0.05) is 11.6 Å². The van der Waals surface area contributed by atoms with Gasteiger partial charge in [-0.25, -0.2) is 0 Å². The maximum Gasteiger partial charge on any atom is 0.255 e. The third-order valence-corrected chi connectivity index (χ3v) is 4.93. The summed E-state index contributed by atoms with van der Waals surface area (Å²) in [6.45, 7) is 0.159. The first-order chi connectivity index (χ1) is 14.6. The van der Waals surface area contributed by atoms with Gasteiger partial charge in [0.2, 0.25) is 6.79 Å². The van der Waals surface area contributed by atoms with Crippen LogP contribution in [0.15, 0.2) is 54.6 Å². The zero-order valence-electron chi connectivity index (χ0n) is 15.8. The first kappa shape index (κ1) is 18.3. The van der Waals surface area contributed by atoms with Crippen LogP contribution in [0.25, 0.3) is 16.7 Å². The minimum Gasteiger partial charge on any atom is -0.495 e. The van der Waals surface area contributed by atoms with Gasteiger partial charge in [0, 0.05) is 11.3 Å². The van der Waals surface area contributed by atoms with E-state index in [9.17, 15) is 4.79 Å². The molecule has 30 heavy (non-hydrogen) atoms. The van der Waals surface area contributed by atoms with E-state index in [-0.39, 0.29) is 12.7 Å². The Bertz CT molecular complexity index is 1290. The number of hydrogen-bond donors (Lipinski definition) is 1. The van der Waals surface area contributed by atoms with Crippen molar-refractivity contribution in [3.63, 3.8) is 0 Å². The van der Waals surface area contributed by atoms with Crippen LogP contribution in [0.4, 0.5) is 5.69 Å². The van der Waals surface area contributed by atoms with E-state index in [0.717, 1.165) is 0 Å². The molecule has 8 nitrogen and oxygen atoms in total. The summed E-state index contributed by atoms with van der Waals surface area (Å²) in [5, 5.41) is 12.3. The van der Waals surface area contributed by atoms with Crippen molar-refractivity contribution in [1.29, 1.82) is 0 Å². The largest absolute Gasteiger partial charge is 0.495 e. The van der Waals surface area contributed by atoms with Gasteiger partial charge in [-0.15, -0.1) is 10.2 Å². The van der Waals surface area contributed by atoms with Crippen molar-refractivity contribution in [3.8, 4) is 22.9 Å². The van der Waals surface area contributed by atoms with Crippen LogP contribution in [0.3, 0.4) is 0 Å². The molecule has 1 aliphatic rings. The molecule has 1 amide bonds. The fourth-order valence-electron chi connectivity index (χ4n) is 3.13. The average molecular weight is 423 g/mol. The molecule has 0 spiro atoms. The van der Waals surface area contributed by atoms with Crippen LogP contribution in [-0.2, 0) is 0 Å². The molecule has 1 aromatic heterocycles. The highest BCUT2D eigenvalue weighted by Crippen LogP contribution is 2.33. The van der Waals surface area contributed by atoms with Crippen LogP contribution in [0.1, 0.15) is 10.4 Å². The second-order valence-electron chi connectivity index (χ2n) is 6.53. The van der Waals surface area contributed by atoms with Gasteiger partial charge in [-0.05, 0) is 54.6 Å². The third kappa shape index (κ3) is 3.27. The second-order valence-corrected chi connectivity index (χ2v) is 6.94. The van der Waals surface area contributed by atoms with E-state index in [2.05, 4.69) is 15.5 Å². The minimum atomic E-state index is -0.262. The molecule has 0 unspecified atom stereocenters. The van der Waals surface area contributed by atoms with E-state index in [1.807, 2.05) is 6.07 Å². The maximum absolute atomic E-state index is 12.6. The zero-order valence-corrected chi connectivity index (χ0v) is 16.5. The smallest absolute Gasteiger partial charge is 0.255 e. The lowest BCUT2D eigenvalue weighted by Crippen LogP contribution is -2.11. The fraction of sp³-hybridized carbons (Fsp3) is 0.0952. The molecule has 0 fully saturated rings. The zero-order chi connectivity index (χ0) is 20.7. The summed E-state index contributed by atoms with van der Waals surface area (Å²) in [7, 11) is 1.56. The number of rotatable bonds is 4. The van der Waals surface area contributed by atoms with E-state index in [4.69, 9.17) is 25.8 Å².